The summed E-state index contributed by atoms with van der Waals surface area (Å²) in [6.45, 7) is 2.39. The van der Waals surface area contributed by atoms with Crippen LogP contribution in [0.15, 0.2) is 64.7 Å². The number of methoxy groups -OCH3 is 1. The minimum atomic E-state index is -0.590. The first kappa shape index (κ1) is 21.5. The highest BCUT2D eigenvalue weighted by molar-refractivity contribution is 6.09. The van der Waals surface area contributed by atoms with Gasteiger partial charge in [-0.25, -0.2) is 0 Å². The summed E-state index contributed by atoms with van der Waals surface area (Å²) < 4.78 is 21.6. The van der Waals surface area contributed by atoms with Crippen molar-refractivity contribution in [1.82, 2.24) is 5.16 Å². The lowest BCUT2D eigenvalue weighted by Gasteiger charge is -2.12. The van der Waals surface area contributed by atoms with E-state index in [1.54, 1.807) is 31.2 Å². The van der Waals surface area contributed by atoms with Crippen molar-refractivity contribution in [2.24, 2.45) is 0 Å². The average molecular weight is 419 g/mol. The number of nitriles is 1. The lowest BCUT2D eigenvalue weighted by molar-refractivity contribution is -0.112. The highest BCUT2D eigenvalue weighted by atomic mass is 16.5. The molecule has 3 rings (SSSR count). The van der Waals surface area contributed by atoms with Crippen LogP contribution >= 0.6 is 0 Å². The molecule has 0 aliphatic heterocycles. The molecule has 158 valence electrons. The lowest BCUT2D eigenvalue weighted by Crippen LogP contribution is -2.13. The summed E-state index contributed by atoms with van der Waals surface area (Å²) in [6, 6.07) is 18.0. The Morgan fingerprint density at radius 2 is 1.90 bits per heavy atom. The van der Waals surface area contributed by atoms with Gasteiger partial charge < -0.3 is 24.1 Å². The van der Waals surface area contributed by atoms with Crippen LogP contribution in [0.1, 0.15) is 11.3 Å². The summed E-state index contributed by atoms with van der Waals surface area (Å²) in [5.74, 6) is 1.96. The van der Waals surface area contributed by atoms with Gasteiger partial charge in [-0.3, -0.25) is 4.79 Å². The molecule has 0 atom stereocenters. The topological polar surface area (TPSA) is 107 Å². The highest BCUT2D eigenvalue weighted by Gasteiger charge is 2.13. The van der Waals surface area contributed by atoms with Crippen molar-refractivity contribution in [3.63, 3.8) is 0 Å². The predicted molar refractivity (Wildman–Crippen MR) is 114 cm³/mol. The molecule has 0 aliphatic rings. The summed E-state index contributed by atoms with van der Waals surface area (Å²) in [5.41, 5.74) is 0.514. The smallest absolute Gasteiger partial charge is 0.267 e. The van der Waals surface area contributed by atoms with Crippen molar-refractivity contribution in [2.45, 2.75) is 6.92 Å². The van der Waals surface area contributed by atoms with Crippen molar-refractivity contribution >= 4 is 17.8 Å². The third kappa shape index (κ3) is 6.11. The molecule has 0 aliphatic carbocycles. The average Bonchev–Trinajstić information content (AvgIpc) is 3.20. The van der Waals surface area contributed by atoms with Crippen LogP contribution in [0.3, 0.4) is 0 Å². The molecule has 0 bridgehead atoms. The Kier molecular flexibility index (Phi) is 7.27. The minimum absolute atomic E-state index is 0.0902. The van der Waals surface area contributed by atoms with Gasteiger partial charge in [-0.2, -0.15) is 5.26 Å². The van der Waals surface area contributed by atoms with Gasteiger partial charge >= 0.3 is 0 Å². The molecule has 31 heavy (non-hydrogen) atoms. The molecule has 1 aromatic heterocycles. The molecule has 8 nitrogen and oxygen atoms in total. The fourth-order valence-electron chi connectivity index (χ4n) is 2.65. The van der Waals surface area contributed by atoms with Crippen molar-refractivity contribution in [3.05, 3.63) is 71.5 Å². The Bertz CT molecular complexity index is 1100. The number of anilines is 1. The minimum Gasteiger partial charge on any atom is -0.493 e. The van der Waals surface area contributed by atoms with Crippen LogP contribution in [0.2, 0.25) is 0 Å². The molecule has 1 N–H and O–H groups in total. The van der Waals surface area contributed by atoms with E-state index in [0.29, 0.717) is 36.0 Å². The van der Waals surface area contributed by atoms with E-state index in [0.717, 1.165) is 5.75 Å². The zero-order chi connectivity index (χ0) is 22.1. The number of hydrogen-bond acceptors (Lipinski definition) is 7. The Hall–Kier alpha value is -4.25. The first-order valence-electron chi connectivity index (χ1n) is 9.44. The van der Waals surface area contributed by atoms with Gasteiger partial charge in [0.15, 0.2) is 17.3 Å². The number of aromatic nitrogens is 1. The van der Waals surface area contributed by atoms with Crippen LogP contribution in [0, 0.1) is 18.3 Å². The molecule has 0 saturated carbocycles. The summed E-state index contributed by atoms with van der Waals surface area (Å²) in [6.07, 6.45) is 1.45. The van der Waals surface area contributed by atoms with Crippen LogP contribution in [0.5, 0.6) is 17.2 Å². The molecular formula is C23H21N3O5. The predicted octanol–water partition coefficient (Wildman–Crippen LogP) is 4.00. The number of nitrogens with one attached hydrogen (secondary N) is 1. The van der Waals surface area contributed by atoms with E-state index in [2.05, 4.69) is 10.5 Å². The monoisotopic (exact) mass is 419 g/mol. The van der Waals surface area contributed by atoms with E-state index in [-0.39, 0.29) is 11.4 Å². The molecule has 3 aromatic rings. The standard InChI is InChI=1S/C23H21N3O5/c1-16-12-22(26-31-16)25-23(27)18(15-24)13-17-8-9-20(21(14-17)28-2)30-11-10-29-19-6-4-3-5-7-19/h3-9,12-14H,10-11H2,1-2H3,(H,25,26,27)/b18-13-. The quantitative estimate of drug-likeness (QED) is 0.317. The number of carbonyl (C=O) groups excluding carboxylic acids is 1. The van der Waals surface area contributed by atoms with Crippen molar-refractivity contribution in [3.8, 4) is 23.3 Å². The number of nitrogens with zero attached hydrogens (tertiary/aromatic N) is 2. The molecule has 0 saturated heterocycles. The molecule has 0 fully saturated rings. The Morgan fingerprint density at radius 1 is 1.13 bits per heavy atom. The van der Waals surface area contributed by atoms with E-state index in [4.69, 9.17) is 18.7 Å². The van der Waals surface area contributed by atoms with Gasteiger partial charge in [-0.05, 0) is 42.8 Å². The number of carbonyl (C=O) groups is 1. The van der Waals surface area contributed by atoms with Crippen molar-refractivity contribution in [2.75, 3.05) is 25.6 Å². The van der Waals surface area contributed by atoms with E-state index in [9.17, 15) is 10.1 Å². The van der Waals surface area contributed by atoms with Gasteiger partial charge in [0, 0.05) is 6.07 Å². The van der Waals surface area contributed by atoms with Gasteiger partial charge in [0.2, 0.25) is 0 Å². The number of benzene rings is 2. The van der Waals surface area contributed by atoms with Gasteiger partial charge in [0.05, 0.1) is 7.11 Å². The number of rotatable bonds is 9. The maximum Gasteiger partial charge on any atom is 0.267 e. The molecule has 8 heteroatoms. The van der Waals surface area contributed by atoms with E-state index in [1.165, 1.54) is 13.2 Å². The van der Waals surface area contributed by atoms with E-state index >= 15 is 0 Å². The van der Waals surface area contributed by atoms with Crippen LogP contribution in [-0.4, -0.2) is 31.4 Å². The second-order valence-electron chi connectivity index (χ2n) is 6.37. The fourth-order valence-corrected chi connectivity index (χ4v) is 2.65. The van der Waals surface area contributed by atoms with Gasteiger partial charge in [-0.15, -0.1) is 0 Å². The maximum absolute atomic E-state index is 12.3. The molecule has 2 aromatic carbocycles. The molecule has 0 spiro atoms. The number of hydrogen-bond donors (Lipinski definition) is 1. The Morgan fingerprint density at radius 3 is 2.58 bits per heavy atom. The zero-order valence-electron chi connectivity index (χ0n) is 17.1. The molecule has 0 unspecified atom stereocenters. The Labute approximate surface area is 179 Å². The van der Waals surface area contributed by atoms with Crippen LogP contribution in [-0.2, 0) is 4.79 Å². The number of ether oxygens (including phenoxy) is 3. The third-order valence-corrected chi connectivity index (χ3v) is 4.09. The number of para-hydroxylation sites is 1. The zero-order valence-corrected chi connectivity index (χ0v) is 17.1. The summed E-state index contributed by atoms with van der Waals surface area (Å²) in [7, 11) is 1.51. The molecular weight excluding hydrogens is 398 g/mol. The summed E-state index contributed by atoms with van der Waals surface area (Å²) >= 11 is 0. The number of aryl methyl sites for hydroxylation is 1. The van der Waals surface area contributed by atoms with Crippen molar-refractivity contribution < 1.29 is 23.5 Å². The first-order chi connectivity index (χ1) is 15.1. The van der Waals surface area contributed by atoms with Crippen LogP contribution < -0.4 is 19.5 Å². The highest BCUT2D eigenvalue weighted by Crippen LogP contribution is 2.29. The second-order valence-corrected chi connectivity index (χ2v) is 6.37. The van der Waals surface area contributed by atoms with E-state index < -0.39 is 5.91 Å². The van der Waals surface area contributed by atoms with Crippen LogP contribution in [0.4, 0.5) is 5.82 Å². The normalized spacial score (nSPS) is 10.8. The first-order valence-corrected chi connectivity index (χ1v) is 9.44. The van der Waals surface area contributed by atoms with Gasteiger partial charge in [0.1, 0.15) is 36.4 Å². The van der Waals surface area contributed by atoms with Gasteiger partial charge in [-0.1, -0.05) is 29.4 Å². The largest absolute Gasteiger partial charge is 0.493 e. The maximum atomic E-state index is 12.3. The third-order valence-electron chi connectivity index (χ3n) is 4.09. The molecule has 1 amide bonds. The Balaban J connectivity index is 1.63. The SMILES string of the molecule is COc1cc(/C=C(/C#N)C(=O)Nc2cc(C)on2)ccc1OCCOc1ccccc1. The fraction of sp³-hybridized carbons (Fsp3) is 0.174. The second kappa shape index (κ2) is 10.5. The molecule has 0 radical (unpaired) electrons. The lowest BCUT2D eigenvalue weighted by atomic mass is 10.1. The number of amides is 1. The van der Waals surface area contributed by atoms with E-state index in [1.807, 2.05) is 36.4 Å². The van der Waals surface area contributed by atoms with Gasteiger partial charge in [0.25, 0.3) is 5.91 Å². The van der Waals surface area contributed by atoms with Crippen molar-refractivity contribution in [1.29, 1.82) is 5.26 Å². The summed E-state index contributed by atoms with van der Waals surface area (Å²) in [4.78, 5) is 12.3. The molecule has 1 heterocycles. The van der Waals surface area contributed by atoms with Crippen LogP contribution in [0.25, 0.3) is 6.08 Å². The summed E-state index contributed by atoms with van der Waals surface area (Å²) in [5, 5.41) is 15.6.